The van der Waals surface area contributed by atoms with Crippen LogP contribution in [0.25, 0.3) is 0 Å². The Morgan fingerprint density at radius 3 is 2.39 bits per heavy atom. The fourth-order valence-electron chi connectivity index (χ4n) is 3.78. The molecule has 23 heavy (non-hydrogen) atoms. The van der Waals surface area contributed by atoms with Crippen LogP contribution in [0.2, 0.25) is 0 Å². The van der Waals surface area contributed by atoms with Crippen LogP contribution in [0.3, 0.4) is 0 Å². The summed E-state index contributed by atoms with van der Waals surface area (Å²) in [5, 5.41) is 6.29. The van der Waals surface area contributed by atoms with Crippen molar-refractivity contribution >= 4 is 11.4 Å². The van der Waals surface area contributed by atoms with Gasteiger partial charge in [0.15, 0.2) is 0 Å². The van der Waals surface area contributed by atoms with E-state index in [1.165, 1.54) is 12.8 Å². The Morgan fingerprint density at radius 2 is 1.74 bits per heavy atom. The molecule has 1 saturated carbocycles. The summed E-state index contributed by atoms with van der Waals surface area (Å²) < 4.78 is 0. The van der Waals surface area contributed by atoms with Gasteiger partial charge in [0.25, 0.3) is 10.9 Å². The SMILES string of the molecule is O=c1c(NCc2ccncc2)c(NC[C@@H]2C[C@H]3C=C[C@H]2C3)c1=O. The molecule has 0 aliphatic heterocycles. The molecule has 1 aromatic heterocycles. The predicted octanol–water partition coefficient (Wildman–Crippen LogP) is 1.91. The Kier molecular flexibility index (Phi) is 3.48. The Labute approximate surface area is 134 Å². The van der Waals surface area contributed by atoms with Crippen LogP contribution < -0.4 is 21.5 Å². The van der Waals surface area contributed by atoms with Gasteiger partial charge in [0, 0.05) is 25.5 Å². The Bertz CT molecular complexity index is 805. The summed E-state index contributed by atoms with van der Waals surface area (Å²) in [5.74, 6) is 1.92. The highest BCUT2D eigenvalue weighted by molar-refractivity contribution is 5.74. The van der Waals surface area contributed by atoms with E-state index in [0.717, 1.165) is 12.1 Å². The number of allylic oxidation sites excluding steroid dienone is 2. The lowest BCUT2D eigenvalue weighted by Gasteiger charge is -2.21. The molecule has 2 aromatic rings. The fourth-order valence-corrected chi connectivity index (χ4v) is 3.78. The zero-order valence-corrected chi connectivity index (χ0v) is 12.8. The summed E-state index contributed by atoms with van der Waals surface area (Å²) in [7, 11) is 0. The molecule has 3 atom stereocenters. The minimum atomic E-state index is -0.422. The summed E-state index contributed by atoms with van der Waals surface area (Å²) >= 11 is 0. The number of nitrogens with zero attached hydrogens (tertiary/aromatic N) is 1. The number of rotatable bonds is 6. The molecule has 1 aromatic carbocycles. The van der Waals surface area contributed by atoms with Crippen molar-refractivity contribution in [3.8, 4) is 0 Å². The highest BCUT2D eigenvalue weighted by Crippen LogP contribution is 2.43. The molecule has 0 amide bonds. The first kappa shape index (κ1) is 14.2. The van der Waals surface area contributed by atoms with Gasteiger partial charge in [-0.15, -0.1) is 0 Å². The molecule has 0 saturated heterocycles. The summed E-state index contributed by atoms with van der Waals surface area (Å²) in [6.45, 7) is 1.28. The van der Waals surface area contributed by atoms with Gasteiger partial charge in [0.1, 0.15) is 11.4 Å². The third-order valence-corrected chi connectivity index (χ3v) is 5.09. The third kappa shape index (κ3) is 2.56. The van der Waals surface area contributed by atoms with Crippen LogP contribution in [0.5, 0.6) is 0 Å². The second-order valence-corrected chi connectivity index (χ2v) is 6.54. The van der Waals surface area contributed by atoms with Crippen LogP contribution in [-0.4, -0.2) is 11.5 Å². The number of pyridine rings is 1. The molecule has 0 unspecified atom stereocenters. The van der Waals surface area contributed by atoms with Crippen LogP contribution in [0.15, 0.2) is 46.3 Å². The van der Waals surface area contributed by atoms with Crippen molar-refractivity contribution in [1.82, 2.24) is 4.98 Å². The van der Waals surface area contributed by atoms with Gasteiger partial charge in [-0.25, -0.2) is 0 Å². The second kappa shape index (κ2) is 5.65. The van der Waals surface area contributed by atoms with Crippen LogP contribution in [0, 0.1) is 17.8 Å². The van der Waals surface area contributed by atoms with Crippen LogP contribution >= 0.6 is 0 Å². The van der Waals surface area contributed by atoms with Gasteiger partial charge >= 0.3 is 0 Å². The standard InChI is InChI=1S/C18H19N3O2/c22-17-15(20-9-11-3-5-19-6-4-11)16(18(17)23)21-10-14-8-12-1-2-13(14)7-12/h1-6,12-14,20-21H,7-10H2/t12-,13-,14-/m0/s1. The maximum absolute atomic E-state index is 11.8. The molecule has 2 bridgehead atoms. The molecule has 118 valence electrons. The molecule has 2 aliphatic carbocycles. The number of aromatic nitrogens is 1. The molecule has 5 nitrogen and oxygen atoms in total. The van der Waals surface area contributed by atoms with Gasteiger partial charge in [0.05, 0.1) is 0 Å². The quantitative estimate of drug-likeness (QED) is 0.630. The molecule has 1 heterocycles. The zero-order chi connectivity index (χ0) is 15.8. The van der Waals surface area contributed by atoms with Gasteiger partial charge in [-0.1, -0.05) is 12.2 Å². The number of hydrogen-bond acceptors (Lipinski definition) is 5. The lowest BCUT2D eigenvalue weighted by molar-refractivity contribution is 0.472. The summed E-state index contributed by atoms with van der Waals surface area (Å²) in [6, 6.07) is 3.76. The highest BCUT2D eigenvalue weighted by Gasteiger charge is 2.35. The van der Waals surface area contributed by atoms with Crippen molar-refractivity contribution in [3.63, 3.8) is 0 Å². The van der Waals surface area contributed by atoms with E-state index in [-0.39, 0.29) is 0 Å². The molecule has 0 spiro atoms. The van der Waals surface area contributed by atoms with E-state index < -0.39 is 10.9 Å². The average molecular weight is 309 g/mol. The minimum absolute atomic E-state index is 0.402. The van der Waals surface area contributed by atoms with E-state index in [1.807, 2.05) is 12.1 Å². The van der Waals surface area contributed by atoms with Crippen molar-refractivity contribution in [2.24, 2.45) is 17.8 Å². The lowest BCUT2D eigenvalue weighted by atomic mass is 9.93. The van der Waals surface area contributed by atoms with Crippen molar-refractivity contribution in [1.29, 1.82) is 0 Å². The summed E-state index contributed by atoms with van der Waals surface area (Å²) in [4.78, 5) is 27.6. The first-order valence-corrected chi connectivity index (χ1v) is 8.10. The van der Waals surface area contributed by atoms with Crippen LogP contribution in [-0.2, 0) is 6.54 Å². The van der Waals surface area contributed by atoms with E-state index >= 15 is 0 Å². The first-order valence-electron chi connectivity index (χ1n) is 8.10. The lowest BCUT2D eigenvalue weighted by Crippen LogP contribution is -2.38. The summed E-state index contributed by atoms with van der Waals surface area (Å²) in [5.41, 5.74) is 1.08. The second-order valence-electron chi connectivity index (χ2n) is 6.54. The number of hydrogen-bond donors (Lipinski definition) is 2. The topological polar surface area (TPSA) is 71.1 Å². The highest BCUT2D eigenvalue weighted by atomic mass is 16.2. The van der Waals surface area contributed by atoms with Crippen molar-refractivity contribution in [2.45, 2.75) is 19.4 Å². The molecule has 5 heteroatoms. The van der Waals surface area contributed by atoms with Crippen molar-refractivity contribution in [2.75, 3.05) is 17.2 Å². The summed E-state index contributed by atoms with van der Waals surface area (Å²) in [6.07, 6.45) is 10.4. The first-order chi connectivity index (χ1) is 11.2. The number of anilines is 2. The third-order valence-electron chi connectivity index (χ3n) is 5.09. The fraction of sp³-hybridized carbons (Fsp3) is 0.389. The average Bonchev–Trinajstić information content (AvgIpc) is 3.20. The normalized spacial score (nSPS) is 25.1. The number of fused-ring (bicyclic) bond motifs is 2. The van der Waals surface area contributed by atoms with Crippen LogP contribution in [0.1, 0.15) is 18.4 Å². The maximum Gasteiger partial charge on any atom is 0.253 e. The van der Waals surface area contributed by atoms with Crippen LogP contribution in [0.4, 0.5) is 11.4 Å². The van der Waals surface area contributed by atoms with Gasteiger partial charge in [-0.3, -0.25) is 14.6 Å². The number of nitrogens with one attached hydrogen (secondary N) is 2. The monoisotopic (exact) mass is 309 g/mol. The zero-order valence-electron chi connectivity index (χ0n) is 12.8. The van der Waals surface area contributed by atoms with Gasteiger partial charge in [-0.05, 0) is 48.3 Å². The van der Waals surface area contributed by atoms with E-state index in [1.54, 1.807) is 12.4 Å². The molecule has 2 N–H and O–H groups in total. The molecule has 4 rings (SSSR count). The predicted molar refractivity (Wildman–Crippen MR) is 90.3 cm³/mol. The van der Waals surface area contributed by atoms with Gasteiger partial charge in [-0.2, -0.15) is 0 Å². The molecular formula is C18H19N3O2. The smallest absolute Gasteiger partial charge is 0.253 e. The molecule has 0 radical (unpaired) electrons. The van der Waals surface area contributed by atoms with E-state index in [9.17, 15) is 9.59 Å². The Morgan fingerprint density at radius 1 is 1.00 bits per heavy atom. The molecule has 1 fully saturated rings. The van der Waals surface area contributed by atoms with Crippen molar-refractivity contribution in [3.05, 3.63) is 62.7 Å². The largest absolute Gasteiger partial charge is 0.380 e. The minimum Gasteiger partial charge on any atom is -0.380 e. The Hall–Kier alpha value is -2.43. The molecular weight excluding hydrogens is 290 g/mol. The van der Waals surface area contributed by atoms with Gasteiger partial charge in [0.2, 0.25) is 0 Å². The molecule has 2 aliphatic rings. The van der Waals surface area contributed by atoms with E-state index in [0.29, 0.717) is 35.7 Å². The van der Waals surface area contributed by atoms with Crippen molar-refractivity contribution < 1.29 is 0 Å². The Balaban J connectivity index is 1.39. The van der Waals surface area contributed by atoms with E-state index in [2.05, 4.69) is 27.8 Å². The van der Waals surface area contributed by atoms with Gasteiger partial charge < -0.3 is 10.6 Å². The maximum atomic E-state index is 11.8. The van der Waals surface area contributed by atoms with E-state index in [4.69, 9.17) is 0 Å².